The first-order valence-electron chi connectivity index (χ1n) is 4.13. The van der Waals surface area contributed by atoms with E-state index in [2.05, 4.69) is 5.32 Å². The Morgan fingerprint density at radius 2 is 2.23 bits per heavy atom. The van der Waals surface area contributed by atoms with Gasteiger partial charge in [-0.25, -0.2) is 0 Å². The summed E-state index contributed by atoms with van der Waals surface area (Å²) in [5.41, 5.74) is 0. The smallest absolute Gasteiger partial charge is 0.232 e. The summed E-state index contributed by atoms with van der Waals surface area (Å²) in [7, 11) is 0. The Balaban J connectivity index is 2.58. The van der Waals surface area contributed by atoms with Gasteiger partial charge in [0, 0.05) is 13.1 Å². The quantitative estimate of drug-likeness (QED) is 0.555. The summed E-state index contributed by atoms with van der Waals surface area (Å²) in [5, 5.41) is 2.57. The molecule has 0 aromatic rings. The van der Waals surface area contributed by atoms with Crippen molar-refractivity contribution in [2.45, 2.75) is 13.3 Å². The van der Waals surface area contributed by atoms with Gasteiger partial charge in [0.1, 0.15) is 12.2 Å². The molecular weight excluding hydrogens is 172 g/mol. The summed E-state index contributed by atoms with van der Waals surface area (Å²) >= 11 is 0. The maximum atomic E-state index is 11.3. The molecule has 1 fully saturated rings. The molecule has 5 nitrogen and oxygen atoms in total. The third-order valence-corrected chi connectivity index (χ3v) is 1.78. The van der Waals surface area contributed by atoms with Crippen LogP contribution in [0.25, 0.3) is 0 Å². The largest absolute Gasteiger partial charge is 0.354 e. The van der Waals surface area contributed by atoms with E-state index < -0.39 is 0 Å². The first-order chi connectivity index (χ1) is 6.09. The van der Waals surface area contributed by atoms with Crippen molar-refractivity contribution in [3.8, 4) is 0 Å². The van der Waals surface area contributed by atoms with Crippen molar-refractivity contribution < 1.29 is 14.4 Å². The second-order valence-corrected chi connectivity index (χ2v) is 3.04. The minimum atomic E-state index is -0.273. The Bertz CT molecular complexity index is 250. The van der Waals surface area contributed by atoms with Crippen LogP contribution in [0.4, 0.5) is 0 Å². The number of nitrogens with zero attached hydrogens (tertiary/aromatic N) is 1. The van der Waals surface area contributed by atoms with Gasteiger partial charge in [-0.05, 0) is 6.92 Å². The van der Waals surface area contributed by atoms with Gasteiger partial charge in [-0.2, -0.15) is 0 Å². The zero-order valence-corrected chi connectivity index (χ0v) is 7.50. The molecule has 0 aliphatic carbocycles. The van der Waals surface area contributed by atoms with Crippen LogP contribution >= 0.6 is 0 Å². The van der Waals surface area contributed by atoms with E-state index in [0.29, 0.717) is 13.1 Å². The van der Waals surface area contributed by atoms with Crippen LogP contribution in [-0.4, -0.2) is 42.1 Å². The van der Waals surface area contributed by atoms with Crippen molar-refractivity contribution in [3.05, 3.63) is 0 Å². The third-order valence-electron chi connectivity index (χ3n) is 1.78. The fourth-order valence-electron chi connectivity index (χ4n) is 1.20. The molecule has 1 aliphatic rings. The van der Waals surface area contributed by atoms with Crippen molar-refractivity contribution in [2.24, 2.45) is 0 Å². The fraction of sp³-hybridized carbons (Fsp3) is 0.625. The van der Waals surface area contributed by atoms with E-state index in [4.69, 9.17) is 0 Å². The van der Waals surface area contributed by atoms with Crippen LogP contribution in [-0.2, 0) is 14.4 Å². The molecule has 0 aromatic carbocycles. The molecule has 5 heteroatoms. The number of rotatable bonds is 2. The zero-order valence-electron chi connectivity index (χ0n) is 7.50. The summed E-state index contributed by atoms with van der Waals surface area (Å²) in [4.78, 5) is 34.3. The normalized spacial score (nSPS) is 18.1. The number of hydrogen-bond donors (Lipinski definition) is 1. The number of hydrogen-bond acceptors (Lipinski definition) is 3. The lowest BCUT2D eigenvalue weighted by Crippen LogP contribution is -2.35. The first-order valence-corrected chi connectivity index (χ1v) is 4.13. The highest BCUT2D eigenvalue weighted by Gasteiger charge is 2.21. The van der Waals surface area contributed by atoms with Crippen LogP contribution in [0.15, 0.2) is 0 Å². The van der Waals surface area contributed by atoms with Crippen LogP contribution in [0.1, 0.15) is 13.3 Å². The van der Waals surface area contributed by atoms with E-state index in [1.165, 1.54) is 11.8 Å². The lowest BCUT2D eigenvalue weighted by Gasteiger charge is -2.17. The van der Waals surface area contributed by atoms with Crippen molar-refractivity contribution in [1.82, 2.24) is 10.2 Å². The molecule has 1 aliphatic heterocycles. The standard InChI is InChI=1S/C8H12N2O3/c1-6(11)5-10-3-2-9-7(12)4-8(10)13/h2-5H2,1H3,(H,9,12). The molecule has 72 valence electrons. The monoisotopic (exact) mass is 184 g/mol. The molecule has 0 atom stereocenters. The predicted octanol–water partition coefficient (Wildman–Crippen LogP) is -1.08. The first kappa shape index (κ1) is 9.70. The van der Waals surface area contributed by atoms with Gasteiger partial charge < -0.3 is 10.2 Å². The van der Waals surface area contributed by atoms with Gasteiger partial charge in [-0.15, -0.1) is 0 Å². The minimum absolute atomic E-state index is 0.0669. The van der Waals surface area contributed by atoms with E-state index >= 15 is 0 Å². The van der Waals surface area contributed by atoms with Crippen molar-refractivity contribution >= 4 is 17.6 Å². The summed E-state index contributed by atoms with van der Waals surface area (Å²) in [6, 6.07) is 0. The number of amides is 2. The average molecular weight is 184 g/mol. The number of Topliss-reactive ketones (excluding diaryl/α,β-unsaturated/α-hetero) is 1. The highest BCUT2D eigenvalue weighted by molar-refractivity contribution is 5.98. The van der Waals surface area contributed by atoms with Crippen LogP contribution < -0.4 is 5.32 Å². The van der Waals surface area contributed by atoms with Crippen LogP contribution in [0, 0.1) is 0 Å². The van der Waals surface area contributed by atoms with E-state index in [-0.39, 0.29) is 30.6 Å². The predicted molar refractivity (Wildman–Crippen MR) is 44.9 cm³/mol. The molecule has 2 amide bonds. The van der Waals surface area contributed by atoms with Gasteiger partial charge >= 0.3 is 0 Å². The lowest BCUT2D eigenvalue weighted by atomic mass is 10.3. The number of carbonyl (C=O) groups excluding carboxylic acids is 3. The molecule has 13 heavy (non-hydrogen) atoms. The van der Waals surface area contributed by atoms with E-state index in [1.54, 1.807) is 0 Å². The fourth-order valence-corrected chi connectivity index (χ4v) is 1.20. The molecule has 0 unspecified atom stereocenters. The molecule has 1 saturated heterocycles. The highest BCUT2D eigenvalue weighted by atomic mass is 16.2. The zero-order chi connectivity index (χ0) is 9.84. The Morgan fingerprint density at radius 1 is 1.54 bits per heavy atom. The van der Waals surface area contributed by atoms with Gasteiger partial charge in [0.25, 0.3) is 0 Å². The van der Waals surface area contributed by atoms with E-state index in [0.717, 1.165) is 0 Å². The number of carbonyl (C=O) groups is 3. The van der Waals surface area contributed by atoms with Gasteiger partial charge in [-0.3, -0.25) is 14.4 Å². The van der Waals surface area contributed by atoms with Gasteiger partial charge in [-0.1, -0.05) is 0 Å². The van der Waals surface area contributed by atoms with E-state index in [9.17, 15) is 14.4 Å². The second kappa shape index (κ2) is 4.02. The average Bonchev–Trinajstić information content (AvgIpc) is 2.13. The minimum Gasteiger partial charge on any atom is -0.354 e. The highest BCUT2D eigenvalue weighted by Crippen LogP contribution is 1.98. The molecule has 1 N–H and O–H groups in total. The SMILES string of the molecule is CC(=O)CN1CCNC(=O)CC1=O. The topological polar surface area (TPSA) is 66.5 Å². The molecule has 0 radical (unpaired) electrons. The number of ketones is 1. The Labute approximate surface area is 76.1 Å². The second-order valence-electron chi connectivity index (χ2n) is 3.04. The third kappa shape index (κ3) is 2.85. The van der Waals surface area contributed by atoms with Crippen molar-refractivity contribution in [2.75, 3.05) is 19.6 Å². The Hall–Kier alpha value is -1.39. The molecule has 0 saturated carbocycles. The molecule has 0 spiro atoms. The summed E-state index contributed by atoms with van der Waals surface area (Å²) in [5.74, 6) is -0.607. The number of nitrogens with one attached hydrogen (secondary N) is 1. The van der Waals surface area contributed by atoms with Gasteiger partial charge in [0.15, 0.2) is 0 Å². The van der Waals surface area contributed by atoms with Crippen LogP contribution in [0.2, 0.25) is 0 Å². The molecule has 1 rings (SSSR count). The lowest BCUT2D eigenvalue weighted by molar-refractivity contribution is -0.136. The van der Waals surface area contributed by atoms with E-state index in [1.807, 2.05) is 0 Å². The Kier molecular flexibility index (Phi) is 3.00. The summed E-state index contributed by atoms with van der Waals surface area (Å²) < 4.78 is 0. The molecule has 0 aromatic heterocycles. The molecule has 1 heterocycles. The maximum absolute atomic E-state index is 11.3. The van der Waals surface area contributed by atoms with Crippen molar-refractivity contribution in [1.29, 1.82) is 0 Å². The summed E-state index contributed by atoms with van der Waals surface area (Å²) in [6.07, 6.45) is -0.146. The van der Waals surface area contributed by atoms with Crippen molar-refractivity contribution in [3.63, 3.8) is 0 Å². The maximum Gasteiger partial charge on any atom is 0.232 e. The van der Waals surface area contributed by atoms with Gasteiger partial charge in [0.2, 0.25) is 11.8 Å². The Morgan fingerprint density at radius 3 is 2.85 bits per heavy atom. The molecule has 0 bridgehead atoms. The van der Waals surface area contributed by atoms with Crippen LogP contribution in [0.3, 0.4) is 0 Å². The van der Waals surface area contributed by atoms with Crippen LogP contribution in [0.5, 0.6) is 0 Å². The van der Waals surface area contributed by atoms with Gasteiger partial charge in [0.05, 0.1) is 6.54 Å². The molecular formula is C8H12N2O3. The summed E-state index contributed by atoms with van der Waals surface area (Å²) in [6.45, 7) is 2.38.